The molecule has 1 fully saturated rings. The fourth-order valence-electron chi connectivity index (χ4n) is 2.96. The summed E-state index contributed by atoms with van der Waals surface area (Å²) in [6.07, 6.45) is 6.07. The van der Waals surface area contributed by atoms with E-state index in [4.69, 9.17) is 0 Å². The van der Waals surface area contributed by atoms with Gasteiger partial charge in [0.2, 0.25) is 0 Å². The lowest BCUT2D eigenvalue weighted by atomic mass is 10.2. The lowest BCUT2D eigenvalue weighted by Gasteiger charge is -2.23. The van der Waals surface area contributed by atoms with Gasteiger partial charge in [-0.05, 0) is 55.1 Å². The highest BCUT2D eigenvalue weighted by atomic mass is 32.2. The molecule has 0 bridgehead atoms. The predicted octanol–water partition coefficient (Wildman–Crippen LogP) is 2.38. The lowest BCUT2D eigenvalue weighted by Crippen LogP contribution is -2.30. The minimum atomic E-state index is 0.642. The van der Waals surface area contributed by atoms with Gasteiger partial charge < -0.3 is 0 Å². The molecule has 5 nitrogen and oxygen atoms in total. The van der Waals surface area contributed by atoms with Gasteiger partial charge in [0.05, 0.1) is 12.2 Å². The Kier molecular flexibility index (Phi) is 4.55. The number of rotatable bonds is 5. The second kappa shape index (κ2) is 6.58. The van der Waals surface area contributed by atoms with Crippen LogP contribution in [0.5, 0.6) is 0 Å². The molecule has 0 amide bonds. The Morgan fingerprint density at radius 2 is 2.10 bits per heavy atom. The monoisotopic (exact) mass is 303 g/mol. The summed E-state index contributed by atoms with van der Waals surface area (Å²) in [6, 6.07) is 10.7. The highest BCUT2D eigenvalue weighted by Gasteiger charge is 2.27. The molecular weight excluding hydrogens is 282 g/mol. The van der Waals surface area contributed by atoms with Gasteiger partial charge in [-0.15, -0.1) is 5.10 Å². The second-order valence-electron chi connectivity index (χ2n) is 5.58. The summed E-state index contributed by atoms with van der Waals surface area (Å²) >= 11 is 1.99. The number of benzene rings is 1. The van der Waals surface area contributed by atoms with Gasteiger partial charge in [-0.2, -0.15) is 16.4 Å². The molecule has 0 unspecified atom stereocenters. The maximum atomic E-state index is 4.20. The SMILES string of the molecule is CS[C@@H]1CC[C@@H](N(C)Cc2nnnn2-c2ccccc2)C1. The van der Waals surface area contributed by atoms with Gasteiger partial charge in [-0.3, -0.25) is 4.90 Å². The fourth-order valence-corrected chi connectivity index (χ4v) is 3.74. The van der Waals surface area contributed by atoms with Crippen molar-refractivity contribution < 1.29 is 0 Å². The quantitative estimate of drug-likeness (QED) is 0.848. The van der Waals surface area contributed by atoms with Crippen molar-refractivity contribution in [2.45, 2.75) is 37.1 Å². The lowest BCUT2D eigenvalue weighted by molar-refractivity contribution is 0.230. The third-order valence-electron chi connectivity index (χ3n) is 4.24. The van der Waals surface area contributed by atoms with E-state index < -0.39 is 0 Å². The highest BCUT2D eigenvalue weighted by Crippen LogP contribution is 2.31. The summed E-state index contributed by atoms with van der Waals surface area (Å²) in [5, 5.41) is 13.0. The first-order valence-electron chi connectivity index (χ1n) is 7.33. The fraction of sp³-hybridized carbons (Fsp3) is 0.533. The first-order valence-corrected chi connectivity index (χ1v) is 8.62. The zero-order chi connectivity index (χ0) is 14.7. The normalized spacial score (nSPS) is 22.0. The third kappa shape index (κ3) is 3.27. The summed E-state index contributed by atoms with van der Waals surface area (Å²) in [5.74, 6) is 0.899. The van der Waals surface area contributed by atoms with Crippen LogP contribution in [-0.4, -0.2) is 49.7 Å². The van der Waals surface area contributed by atoms with Gasteiger partial charge >= 0.3 is 0 Å². The van der Waals surface area contributed by atoms with Crippen LogP contribution in [0.1, 0.15) is 25.1 Å². The molecule has 1 aliphatic carbocycles. The standard InChI is InChI=1S/C15H21N5S/c1-19(13-8-9-14(10-13)21-2)11-15-16-17-18-20(15)12-6-4-3-5-7-12/h3-7,13-14H,8-11H2,1-2H3/t13-,14-/m1/s1. The molecule has 0 N–H and O–H groups in total. The second-order valence-corrected chi connectivity index (χ2v) is 6.72. The largest absolute Gasteiger partial charge is 0.296 e. The first-order chi connectivity index (χ1) is 10.3. The van der Waals surface area contributed by atoms with Crippen molar-refractivity contribution in [3.05, 3.63) is 36.2 Å². The van der Waals surface area contributed by atoms with E-state index in [1.54, 1.807) is 0 Å². The zero-order valence-corrected chi connectivity index (χ0v) is 13.3. The number of hydrogen-bond acceptors (Lipinski definition) is 5. The van der Waals surface area contributed by atoms with Gasteiger partial charge in [-0.1, -0.05) is 18.2 Å². The van der Waals surface area contributed by atoms with Crippen LogP contribution in [0.15, 0.2) is 30.3 Å². The van der Waals surface area contributed by atoms with Crippen LogP contribution in [0.25, 0.3) is 5.69 Å². The Morgan fingerprint density at radius 3 is 2.81 bits per heavy atom. The van der Waals surface area contributed by atoms with E-state index in [1.165, 1.54) is 19.3 Å². The van der Waals surface area contributed by atoms with Gasteiger partial charge in [0.1, 0.15) is 0 Å². The molecule has 2 atom stereocenters. The Labute approximate surface area is 129 Å². The summed E-state index contributed by atoms with van der Waals surface area (Å²) in [5.41, 5.74) is 1.01. The van der Waals surface area contributed by atoms with Gasteiger partial charge in [0, 0.05) is 11.3 Å². The van der Waals surface area contributed by atoms with Crippen molar-refractivity contribution in [1.29, 1.82) is 0 Å². The molecule has 21 heavy (non-hydrogen) atoms. The number of aromatic nitrogens is 4. The number of hydrogen-bond donors (Lipinski definition) is 0. The predicted molar refractivity (Wildman–Crippen MR) is 85.6 cm³/mol. The molecule has 0 radical (unpaired) electrons. The topological polar surface area (TPSA) is 46.8 Å². The Hall–Kier alpha value is -1.40. The van der Waals surface area contributed by atoms with Crippen LogP contribution in [0.3, 0.4) is 0 Å². The van der Waals surface area contributed by atoms with E-state index >= 15 is 0 Å². The summed E-state index contributed by atoms with van der Waals surface area (Å²) in [4.78, 5) is 2.39. The minimum absolute atomic E-state index is 0.642. The summed E-state index contributed by atoms with van der Waals surface area (Å²) in [7, 11) is 2.18. The van der Waals surface area contributed by atoms with Crippen molar-refractivity contribution in [3.8, 4) is 5.69 Å². The highest BCUT2D eigenvalue weighted by molar-refractivity contribution is 7.99. The molecule has 0 aliphatic heterocycles. The molecule has 112 valence electrons. The van der Waals surface area contributed by atoms with Crippen molar-refractivity contribution in [2.75, 3.05) is 13.3 Å². The maximum Gasteiger partial charge on any atom is 0.170 e. The van der Waals surface area contributed by atoms with E-state index in [0.29, 0.717) is 6.04 Å². The van der Waals surface area contributed by atoms with Crippen LogP contribution in [0.4, 0.5) is 0 Å². The Morgan fingerprint density at radius 1 is 1.29 bits per heavy atom. The van der Waals surface area contributed by atoms with Crippen LogP contribution in [-0.2, 0) is 6.54 Å². The van der Waals surface area contributed by atoms with Gasteiger partial charge in [0.15, 0.2) is 5.82 Å². The van der Waals surface area contributed by atoms with E-state index in [9.17, 15) is 0 Å². The summed E-state index contributed by atoms with van der Waals surface area (Å²) in [6.45, 7) is 0.785. The average molecular weight is 303 g/mol. The maximum absolute atomic E-state index is 4.20. The Bertz CT molecular complexity index is 570. The van der Waals surface area contributed by atoms with Crippen molar-refractivity contribution in [2.24, 2.45) is 0 Å². The van der Waals surface area contributed by atoms with Crippen LogP contribution >= 0.6 is 11.8 Å². The van der Waals surface area contributed by atoms with Gasteiger partial charge in [0.25, 0.3) is 0 Å². The molecule has 2 aromatic rings. The molecule has 0 saturated heterocycles. The van der Waals surface area contributed by atoms with Crippen LogP contribution in [0, 0.1) is 0 Å². The summed E-state index contributed by atoms with van der Waals surface area (Å²) < 4.78 is 1.83. The Balaban J connectivity index is 1.70. The molecule has 1 aromatic carbocycles. The molecule has 0 spiro atoms. The molecular formula is C15H21N5S. The van der Waals surface area contributed by atoms with E-state index in [2.05, 4.69) is 33.7 Å². The van der Waals surface area contributed by atoms with E-state index in [0.717, 1.165) is 23.3 Å². The first kappa shape index (κ1) is 14.5. The molecule has 1 aliphatic rings. The number of tetrazole rings is 1. The molecule has 1 saturated carbocycles. The van der Waals surface area contributed by atoms with Crippen molar-refractivity contribution in [1.82, 2.24) is 25.1 Å². The van der Waals surface area contributed by atoms with Crippen molar-refractivity contribution >= 4 is 11.8 Å². The number of para-hydroxylation sites is 1. The third-order valence-corrected chi connectivity index (χ3v) is 5.33. The molecule has 6 heteroatoms. The average Bonchev–Trinajstić information content (AvgIpc) is 3.17. The minimum Gasteiger partial charge on any atom is -0.296 e. The number of nitrogens with zero attached hydrogens (tertiary/aromatic N) is 5. The zero-order valence-electron chi connectivity index (χ0n) is 12.5. The van der Waals surface area contributed by atoms with Crippen LogP contribution < -0.4 is 0 Å². The van der Waals surface area contributed by atoms with Crippen LogP contribution in [0.2, 0.25) is 0 Å². The van der Waals surface area contributed by atoms with E-state index in [-0.39, 0.29) is 0 Å². The molecule has 1 aromatic heterocycles. The van der Waals surface area contributed by atoms with Gasteiger partial charge in [-0.25, -0.2) is 0 Å². The van der Waals surface area contributed by atoms with E-state index in [1.807, 2.05) is 46.8 Å². The number of thioether (sulfide) groups is 1. The molecule has 1 heterocycles. The molecule has 3 rings (SSSR count). The smallest absolute Gasteiger partial charge is 0.170 e. The van der Waals surface area contributed by atoms with Crippen molar-refractivity contribution in [3.63, 3.8) is 0 Å².